The molecule has 0 radical (unpaired) electrons. The van der Waals surface area contributed by atoms with Crippen LogP contribution in [0.25, 0.3) is 0 Å². The fourth-order valence-electron chi connectivity index (χ4n) is 1.53. The number of hydrogen-bond acceptors (Lipinski definition) is 4. The Hall–Kier alpha value is -0.900. The Labute approximate surface area is 91.5 Å². The van der Waals surface area contributed by atoms with Crippen LogP contribution in [0.4, 0.5) is 0 Å². The second kappa shape index (κ2) is 6.56. The van der Waals surface area contributed by atoms with Crippen molar-refractivity contribution in [3.8, 4) is 0 Å². The van der Waals surface area contributed by atoms with Crippen LogP contribution in [0.3, 0.4) is 0 Å². The Morgan fingerprint density at radius 1 is 1.33 bits per heavy atom. The van der Waals surface area contributed by atoms with E-state index in [-0.39, 0.29) is 0 Å². The van der Waals surface area contributed by atoms with Gasteiger partial charge in [0.2, 0.25) is 5.89 Å². The maximum atomic E-state index is 4.90. The van der Waals surface area contributed by atoms with Crippen molar-refractivity contribution < 1.29 is 4.52 Å². The molecule has 0 spiro atoms. The van der Waals surface area contributed by atoms with Gasteiger partial charge >= 0.3 is 0 Å². The highest BCUT2D eigenvalue weighted by molar-refractivity contribution is 4.84. The van der Waals surface area contributed by atoms with E-state index in [4.69, 9.17) is 4.52 Å². The maximum absolute atomic E-state index is 4.90. The monoisotopic (exact) mass is 211 g/mol. The molecule has 0 unspecified atom stereocenters. The van der Waals surface area contributed by atoms with Gasteiger partial charge in [-0.1, -0.05) is 31.8 Å². The van der Waals surface area contributed by atoms with Gasteiger partial charge in [0.1, 0.15) is 0 Å². The van der Waals surface area contributed by atoms with Crippen LogP contribution in [0.2, 0.25) is 0 Å². The first-order chi connectivity index (χ1) is 7.26. The van der Waals surface area contributed by atoms with Crippen molar-refractivity contribution in [1.29, 1.82) is 0 Å². The van der Waals surface area contributed by atoms with Crippen molar-refractivity contribution in [2.45, 2.75) is 40.0 Å². The lowest BCUT2D eigenvalue weighted by Gasteiger charge is -2.12. The third-order valence-corrected chi connectivity index (χ3v) is 2.68. The van der Waals surface area contributed by atoms with Gasteiger partial charge < -0.3 is 9.84 Å². The van der Waals surface area contributed by atoms with Gasteiger partial charge in [0, 0.05) is 19.9 Å². The summed E-state index contributed by atoms with van der Waals surface area (Å²) in [4.78, 5) is 4.15. The molecule has 0 aliphatic rings. The first kappa shape index (κ1) is 12.2. The molecule has 1 aromatic rings. The summed E-state index contributed by atoms with van der Waals surface area (Å²) >= 11 is 0. The average Bonchev–Trinajstić information content (AvgIpc) is 2.65. The third-order valence-electron chi connectivity index (χ3n) is 2.68. The summed E-state index contributed by atoms with van der Waals surface area (Å²) < 4.78 is 4.90. The Morgan fingerprint density at radius 3 is 2.60 bits per heavy atom. The molecule has 0 aliphatic carbocycles. The minimum Gasteiger partial charge on any atom is -0.340 e. The predicted octanol–water partition coefficient (Wildman–Crippen LogP) is 1.95. The van der Waals surface area contributed by atoms with Gasteiger partial charge in [0.25, 0.3) is 0 Å². The summed E-state index contributed by atoms with van der Waals surface area (Å²) in [5, 5.41) is 7.27. The number of nitrogens with zero attached hydrogens (tertiary/aromatic N) is 2. The normalized spacial score (nSPS) is 11.2. The van der Waals surface area contributed by atoms with E-state index in [0.717, 1.165) is 31.3 Å². The van der Waals surface area contributed by atoms with E-state index < -0.39 is 0 Å². The van der Waals surface area contributed by atoms with Crippen molar-refractivity contribution in [3.63, 3.8) is 0 Å². The van der Waals surface area contributed by atoms with Gasteiger partial charge in [-0.05, 0) is 12.5 Å². The third kappa shape index (κ3) is 4.42. The molecule has 0 aliphatic heterocycles. The number of hydrogen-bond donors (Lipinski definition) is 1. The summed E-state index contributed by atoms with van der Waals surface area (Å²) in [7, 11) is 0. The molecular weight excluding hydrogens is 190 g/mol. The molecule has 1 N–H and O–H groups in total. The van der Waals surface area contributed by atoms with Crippen LogP contribution < -0.4 is 5.32 Å². The first-order valence-corrected chi connectivity index (χ1v) is 5.76. The second-order valence-corrected chi connectivity index (χ2v) is 3.87. The lowest BCUT2D eigenvalue weighted by atomic mass is 10.0. The van der Waals surface area contributed by atoms with Crippen molar-refractivity contribution in [1.82, 2.24) is 15.5 Å². The van der Waals surface area contributed by atoms with Crippen molar-refractivity contribution in [2.75, 3.05) is 13.1 Å². The molecule has 0 amide bonds. The van der Waals surface area contributed by atoms with Crippen LogP contribution in [0.1, 0.15) is 38.4 Å². The summed E-state index contributed by atoms with van der Waals surface area (Å²) in [5.41, 5.74) is 0. The molecule has 0 bridgehead atoms. The highest BCUT2D eigenvalue weighted by Gasteiger charge is 2.04. The molecular formula is C11H21N3O. The van der Waals surface area contributed by atoms with Gasteiger partial charge in [-0.3, -0.25) is 0 Å². The fourth-order valence-corrected chi connectivity index (χ4v) is 1.53. The van der Waals surface area contributed by atoms with Gasteiger partial charge in [-0.25, -0.2) is 0 Å². The molecule has 0 saturated heterocycles. The van der Waals surface area contributed by atoms with Crippen LogP contribution in [-0.4, -0.2) is 23.2 Å². The van der Waals surface area contributed by atoms with Crippen LogP contribution in [0, 0.1) is 12.8 Å². The quantitative estimate of drug-likeness (QED) is 0.700. The number of aromatic nitrogens is 2. The lowest BCUT2D eigenvalue weighted by molar-refractivity contribution is 0.386. The molecule has 1 heterocycles. The van der Waals surface area contributed by atoms with Crippen molar-refractivity contribution >= 4 is 0 Å². The first-order valence-electron chi connectivity index (χ1n) is 5.76. The Bertz CT molecular complexity index is 269. The highest BCUT2D eigenvalue weighted by atomic mass is 16.5. The second-order valence-electron chi connectivity index (χ2n) is 3.87. The van der Waals surface area contributed by atoms with Crippen LogP contribution in [0.15, 0.2) is 4.52 Å². The molecule has 0 fully saturated rings. The SMILES string of the molecule is CCC(CC)CNCCc1noc(C)n1. The minimum absolute atomic E-state index is 0.644. The van der Waals surface area contributed by atoms with Gasteiger partial charge in [-0.15, -0.1) is 0 Å². The van der Waals surface area contributed by atoms with E-state index in [9.17, 15) is 0 Å². The number of nitrogens with one attached hydrogen (secondary N) is 1. The highest BCUT2D eigenvalue weighted by Crippen LogP contribution is 2.04. The Balaban J connectivity index is 2.11. The fraction of sp³-hybridized carbons (Fsp3) is 0.818. The standard InChI is InChI=1S/C11H21N3O/c1-4-10(5-2)8-12-7-6-11-13-9(3)15-14-11/h10,12H,4-8H2,1-3H3. The van der Waals surface area contributed by atoms with Gasteiger partial charge in [0.15, 0.2) is 5.82 Å². The largest absolute Gasteiger partial charge is 0.340 e. The smallest absolute Gasteiger partial charge is 0.223 e. The average molecular weight is 211 g/mol. The molecule has 1 rings (SSSR count). The number of rotatable bonds is 7. The van der Waals surface area contributed by atoms with E-state index in [0.29, 0.717) is 5.89 Å². The molecule has 4 nitrogen and oxygen atoms in total. The molecule has 4 heteroatoms. The zero-order valence-corrected chi connectivity index (χ0v) is 9.92. The van der Waals surface area contributed by atoms with E-state index >= 15 is 0 Å². The molecule has 86 valence electrons. The number of aryl methyl sites for hydroxylation is 1. The van der Waals surface area contributed by atoms with E-state index in [2.05, 4.69) is 29.3 Å². The topological polar surface area (TPSA) is 51.0 Å². The molecule has 0 aromatic carbocycles. The van der Waals surface area contributed by atoms with Crippen LogP contribution >= 0.6 is 0 Å². The van der Waals surface area contributed by atoms with E-state index in [1.54, 1.807) is 0 Å². The van der Waals surface area contributed by atoms with Crippen molar-refractivity contribution in [2.24, 2.45) is 5.92 Å². The molecule has 15 heavy (non-hydrogen) atoms. The van der Waals surface area contributed by atoms with Gasteiger partial charge in [0.05, 0.1) is 0 Å². The lowest BCUT2D eigenvalue weighted by Crippen LogP contribution is -2.24. The molecule has 0 saturated carbocycles. The Morgan fingerprint density at radius 2 is 2.07 bits per heavy atom. The predicted molar refractivity (Wildman–Crippen MR) is 59.7 cm³/mol. The summed E-state index contributed by atoms with van der Waals surface area (Å²) in [6.07, 6.45) is 3.33. The Kier molecular flexibility index (Phi) is 5.32. The van der Waals surface area contributed by atoms with Crippen LogP contribution in [0.5, 0.6) is 0 Å². The van der Waals surface area contributed by atoms with E-state index in [1.165, 1.54) is 12.8 Å². The minimum atomic E-state index is 0.644. The summed E-state index contributed by atoms with van der Waals surface area (Å²) in [6, 6.07) is 0. The molecule has 1 aromatic heterocycles. The zero-order chi connectivity index (χ0) is 11.1. The summed E-state index contributed by atoms with van der Waals surface area (Å²) in [6.45, 7) is 8.30. The van der Waals surface area contributed by atoms with E-state index in [1.807, 2.05) is 6.92 Å². The summed E-state index contributed by atoms with van der Waals surface area (Å²) in [5.74, 6) is 2.23. The maximum Gasteiger partial charge on any atom is 0.223 e. The van der Waals surface area contributed by atoms with Gasteiger partial charge in [-0.2, -0.15) is 4.98 Å². The zero-order valence-electron chi connectivity index (χ0n) is 9.92. The van der Waals surface area contributed by atoms with Crippen LogP contribution in [-0.2, 0) is 6.42 Å². The molecule has 0 atom stereocenters. The van der Waals surface area contributed by atoms with Crippen molar-refractivity contribution in [3.05, 3.63) is 11.7 Å².